The first-order chi connectivity index (χ1) is 18.6. The summed E-state index contributed by atoms with van der Waals surface area (Å²) in [6.45, 7) is 3.09. The third-order valence-electron chi connectivity index (χ3n) is 6.77. The molecule has 0 atom stereocenters. The zero-order valence-corrected chi connectivity index (χ0v) is 21.0. The van der Waals surface area contributed by atoms with Gasteiger partial charge in [-0.05, 0) is 55.3 Å². The first-order valence-electron chi connectivity index (χ1n) is 12.0. The monoisotopic (exact) mass is 533 g/mol. The first kappa shape index (κ1) is 25.7. The Balaban J connectivity index is 1.33. The predicted molar refractivity (Wildman–Crippen MR) is 141 cm³/mol. The predicted octanol–water partition coefficient (Wildman–Crippen LogP) is 3.93. The number of H-pyrrole nitrogens is 1. The molecule has 2 aromatic carbocycles. The van der Waals surface area contributed by atoms with Crippen molar-refractivity contribution in [3.8, 4) is 0 Å². The number of amides is 5. The molecule has 2 aliphatic rings. The smallest absolute Gasteiger partial charge is 0.337 e. The lowest BCUT2D eigenvalue weighted by atomic mass is 10.0. The fourth-order valence-electron chi connectivity index (χ4n) is 4.81. The van der Waals surface area contributed by atoms with Gasteiger partial charge in [-0.25, -0.2) is 23.7 Å². The zero-order valence-electron chi connectivity index (χ0n) is 21.0. The van der Waals surface area contributed by atoms with E-state index in [0.29, 0.717) is 45.0 Å². The van der Waals surface area contributed by atoms with Gasteiger partial charge in [0.25, 0.3) is 5.91 Å². The number of carbonyl (C=O) groups excluding carboxylic acids is 3. The van der Waals surface area contributed by atoms with E-state index >= 15 is 0 Å². The molecule has 39 heavy (non-hydrogen) atoms. The molecule has 3 heterocycles. The van der Waals surface area contributed by atoms with Gasteiger partial charge >= 0.3 is 18.0 Å². The highest BCUT2D eigenvalue weighted by Crippen LogP contribution is 2.36. The molecule has 0 radical (unpaired) electrons. The number of fused-ring (bicyclic) bond motifs is 1. The zero-order chi connectivity index (χ0) is 28.0. The number of hydrogen-bond acceptors (Lipinski definition) is 5. The molecule has 0 bridgehead atoms. The summed E-state index contributed by atoms with van der Waals surface area (Å²) < 4.78 is 14.5. The van der Waals surface area contributed by atoms with Gasteiger partial charge in [-0.15, -0.1) is 0 Å². The molecule has 0 spiro atoms. The maximum absolute atomic E-state index is 14.5. The molecule has 0 saturated carbocycles. The quantitative estimate of drug-likeness (QED) is 0.313. The summed E-state index contributed by atoms with van der Waals surface area (Å²) in [6, 6.07) is 7.36. The van der Waals surface area contributed by atoms with E-state index in [1.165, 1.54) is 12.1 Å². The van der Waals surface area contributed by atoms with Gasteiger partial charge in [0.2, 0.25) is 0 Å². The van der Waals surface area contributed by atoms with Gasteiger partial charge in [-0.1, -0.05) is 12.1 Å². The van der Waals surface area contributed by atoms with Crippen LogP contribution in [0.2, 0.25) is 0 Å². The lowest BCUT2D eigenvalue weighted by molar-refractivity contribution is -0.110. The standard InChI is InChI=1S/C27H24FN5O6/c1-13-20(29-14(2)23(13)25(36)37)11-18-17-5-4-16(10-21(17)31-24(18)35)30-26(38)33-8-7-32(27(33)39)22-6-3-15(12-34)9-19(22)28/h3-6,9-11,29,34H,7-8,12H2,1-2H3,(H,30,38)(H,31,35)(H,36,37). The minimum Gasteiger partial charge on any atom is -0.478 e. The molecule has 0 unspecified atom stereocenters. The molecule has 5 rings (SSSR count). The molecule has 11 nitrogen and oxygen atoms in total. The van der Waals surface area contributed by atoms with Crippen LogP contribution in [0.15, 0.2) is 36.4 Å². The van der Waals surface area contributed by atoms with Crippen molar-refractivity contribution < 1.29 is 33.8 Å². The van der Waals surface area contributed by atoms with Gasteiger partial charge in [0.1, 0.15) is 5.82 Å². The van der Waals surface area contributed by atoms with Crippen molar-refractivity contribution in [2.45, 2.75) is 20.5 Å². The lowest BCUT2D eigenvalue weighted by Gasteiger charge is -2.19. The van der Waals surface area contributed by atoms with Gasteiger partial charge in [-0.3, -0.25) is 9.69 Å². The number of aromatic carboxylic acids is 1. The van der Waals surface area contributed by atoms with Gasteiger partial charge in [0, 0.05) is 29.2 Å². The number of carbonyl (C=O) groups is 4. The molecular formula is C27H24FN5O6. The molecule has 5 amide bonds. The lowest BCUT2D eigenvalue weighted by Crippen LogP contribution is -2.39. The second-order valence-electron chi connectivity index (χ2n) is 9.20. The highest BCUT2D eigenvalue weighted by Gasteiger charge is 2.35. The molecule has 5 N–H and O–H groups in total. The normalized spacial score (nSPS) is 15.6. The van der Waals surface area contributed by atoms with Crippen molar-refractivity contribution in [2.75, 3.05) is 28.6 Å². The fourth-order valence-corrected chi connectivity index (χ4v) is 4.81. The summed E-state index contributed by atoms with van der Waals surface area (Å²) in [5.41, 5.74) is 3.65. The topological polar surface area (TPSA) is 155 Å². The molecule has 1 saturated heterocycles. The Morgan fingerprint density at radius 3 is 2.56 bits per heavy atom. The summed E-state index contributed by atoms with van der Waals surface area (Å²) >= 11 is 0. The largest absolute Gasteiger partial charge is 0.478 e. The molecule has 12 heteroatoms. The first-order valence-corrected chi connectivity index (χ1v) is 12.0. The molecule has 2 aliphatic heterocycles. The van der Waals surface area contributed by atoms with Crippen molar-refractivity contribution in [3.63, 3.8) is 0 Å². The number of nitrogens with zero attached hydrogens (tertiary/aromatic N) is 2. The van der Waals surface area contributed by atoms with E-state index in [1.54, 1.807) is 38.1 Å². The second kappa shape index (κ2) is 9.72. The van der Waals surface area contributed by atoms with Crippen LogP contribution in [0.1, 0.15) is 38.4 Å². The fraction of sp³-hybridized carbons (Fsp3) is 0.185. The van der Waals surface area contributed by atoms with Crippen molar-refractivity contribution >= 4 is 52.6 Å². The minimum atomic E-state index is -1.06. The third-order valence-corrected chi connectivity index (χ3v) is 6.77. The molecule has 1 aromatic heterocycles. The summed E-state index contributed by atoms with van der Waals surface area (Å²) in [7, 11) is 0. The van der Waals surface area contributed by atoms with Crippen LogP contribution in [0.25, 0.3) is 11.6 Å². The minimum absolute atomic E-state index is 0.00929. The second-order valence-corrected chi connectivity index (χ2v) is 9.20. The van der Waals surface area contributed by atoms with Crippen molar-refractivity contribution in [2.24, 2.45) is 0 Å². The summed E-state index contributed by atoms with van der Waals surface area (Å²) in [5, 5.41) is 24.0. The van der Waals surface area contributed by atoms with Gasteiger partial charge in [0.05, 0.1) is 35.7 Å². The van der Waals surface area contributed by atoms with Crippen LogP contribution in [0.3, 0.4) is 0 Å². The molecule has 0 aliphatic carbocycles. The van der Waals surface area contributed by atoms with E-state index in [0.717, 1.165) is 15.9 Å². The molecule has 1 fully saturated rings. The number of nitrogens with one attached hydrogen (secondary N) is 3. The number of anilines is 3. The number of urea groups is 2. The van der Waals surface area contributed by atoms with E-state index in [9.17, 15) is 28.7 Å². The van der Waals surface area contributed by atoms with E-state index in [-0.39, 0.29) is 30.9 Å². The highest BCUT2D eigenvalue weighted by molar-refractivity contribution is 6.35. The van der Waals surface area contributed by atoms with Gasteiger partial charge in [0.15, 0.2) is 0 Å². The molecular weight excluding hydrogens is 509 g/mol. The number of benzene rings is 2. The molecule has 200 valence electrons. The van der Waals surface area contributed by atoms with Crippen LogP contribution < -0.4 is 15.5 Å². The number of rotatable bonds is 5. The van der Waals surface area contributed by atoms with Gasteiger partial charge < -0.3 is 25.8 Å². The summed E-state index contributed by atoms with van der Waals surface area (Å²) in [5.74, 6) is -2.14. The highest BCUT2D eigenvalue weighted by atomic mass is 19.1. The maximum atomic E-state index is 14.5. The van der Waals surface area contributed by atoms with E-state index in [4.69, 9.17) is 5.11 Å². The Labute approximate surface area is 221 Å². The van der Waals surface area contributed by atoms with Crippen LogP contribution in [0.4, 0.5) is 31.0 Å². The number of aliphatic hydroxyl groups excluding tert-OH is 1. The Hall–Kier alpha value is -4.97. The van der Waals surface area contributed by atoms with Crippen LogP contribution in [-0.2, 0) is 11.4 Å². The number of imide groups is 1. The number of carboxylic acid groups (broad SMARTS) is 1. The van der Waals surface area contributed by atoms with Crippen LogP contribution in [-0.4, -0.2) is 57.1 Å². The SMILES string of the molecule is Cc1[nH]c(C=C2C(=O)Nc3cc(NC(=O)N4CCN(c5ccc(CO)cc5F)C4=O)ccc32)c(C)c1C(=O)O. The average Bonchev–Trinajstić information content (AvgIpc) is 3.51. The average molecular weight is 534 g/mol. The van der Waals surface area contributed by atoms with Crippen LogP contribution >= 0.6 is 0 Å². The number of aromatic amines is 1. The number of aromatic nitrogens is 1. The third kappa shape index (κ3) is 4.50. The van der Waals surface area contributed by atoms with Gasteiger partial charge in [-0.2, -0.15) is 0 Å². The number of aryl methyl sites for hydroxylation is 1. The van der Waals surface area contributed by atoms with Crippen molar-refractivity contribution in [1.29, 1.82) is 0 Å². The van der Waals surface area contributed by atoms with Crippen molar-refractivity contribution in [3.05, 3.63) is 75.9 Å². The number of hydrogen-bond donors (Lipinski definition) is 5. The molecule has 3 aromatic rings. The van der Waals surface area contributed by atoms with Crippen molar-refractivity contribution in [1.82, 2.24) is 9.88 Å². The van der Waals surface area contributed by atoms with E-state index in [2.05, 4.69) is 15.6 Å². The Morgan fingerprint density at radius 2 is 1.90 bits per heavy atom. The van der Waals surface area contributed by atoms with E-state index in [1.807, 2.05) is 0 Å². The summed E-state index contributed by atoms with van der Waals surface area (Å²) in [6.07, 6.45) is 1.58. The Morgan fingerprint density at radius 1 is 1.13 bits per heavy atom. The number of halogens is 1. The Bertz CT molecular complexity index is 1590. The van der Waals surface area contributed by atoms with Crippen LogP contribution in [0, 0.1) is 19.7 Å². The Kier molecular flexibility index (Phi) is 6.40. The van der Waals surface area contributed by atoms with E-state index < -0.39 is 29.8 Å². The number of carboxylic acids is 1. The number of aliphatic hydroxyl groups is 1. The maximum Gasteiger partial charge on any atom is 0.337 e. The van der Waals surface area contributed by atoms with Crippen LogP contribution in [0.5, 0.6) is 0 Å². The summed E-state index contributed by atoms with van der Waals surface area (Å²) in [4.78, 5) is 55.0.